The maximum absolute atomic E-state index is 12.5. The van der Waals surface area contributed by atoms with Gasteiger partial charge < -0.3 is 5.32 Å². The predicted octanol–water partition coefficient (Wildman–Crippen LogP) is 1.18. The lowest BCUT2D eigenvalue weighted by atomic mass is 10.2. The van der Waals surface area contributed by atoms with Crippen molar-refractivity contribution in [1.29, 1.82) is 5.26 Å². The molecule has 1 atom stereocenters. The van der Waals surface area contributed by atoms with Gasteiger partial charge in [-0.15, -0.1) is 0 Å². The van der Waals surface area contributed by atoms with Crippen LogP contribution in [0.25, 0.3) is 0 Å². The van der Waals surface area contributed by atoms with Crippen LogP contribution in [0, 0.1) is 18.3 Å². The number of amides is 4. The smallest absolute Gasteiger partial charge is 0.332 e. The van der Waals surface area contributed by atoms with Crippen LogP contribution in [0.4, 0.5) is 10.5 Å². The molecule has 0 aliphatic carbocycles. The van der Waals surface area contributed by atoms with Gasteiger partial charge in [0.2, 0.25) is 5.91 Å². The Kier molecular flexibility index (Phi) is 4.96. The average molecular weight is 314 g/mol. The molecule has 1 fully saturated rings. The molecule has 1 aliphatic heterocycles. The molecule has 7 heteroatoms. The Morgan fingerprint density at radius 1 is 1.30 bits per heavy atom. The Morgan fingerprint density at radius 2 is 1.96 bits per heavy atom. The van der Waals surface area contributed by atoms with Crippen LogP contribution in [0.2, 0.25) is 0 Å². The van der Waals surface area contributed by atoms with Gasteiger partial charge in [0, 0.05) is 12.2 Å². The van der Waals surface area contributed by atoms with Gasteiger partial charge in [0.15, 0.2) is 0 Å². The highest BCUT2D eigenvalue weighted by Crippen LogP contribution is 2.25. The third-order valence-electron chi connectivity index (χ3n) is 3.62. The highest BCUT2D eigenvalue weighted by Gasteiger charge is 2.43. The van der Waals surface area contributed by atoms with Crippen LogP contribution in [-0.4, -0.2) is 41.9 Å². The summed E-state index contributed by atoms with van der Waals surface area (Å²) in [5.41, 5.74) is 1.67. The molecule has 0 spiro atoms. The van der Waals surface area contributed by atoms with Crippen LogP contribution >= 0.6 is 0 Å². The Bertz CT molecular complexity index is 663. The highest BCUT2D eigenvalue weighted by molar-refractivity contribution is 6.15. The number of rotatable bonds is 5. The van der Waals surface area contributed by atoms with E-state index in [1.165, 1.54) is 4.90 Å². The fraction of sp³-hybridized carbons (Fsp3) is 0.375. The van der Waals surface area contributed by atoms with E-state index in [0.717, 1.165) is 10.5 Å². The van der Waals surface area contributed by atoms with Crippen LogP contribution in [0.15, 0.2) is 24.3 Å². The second-order valence-corrected chi connectivity index (χ2v) is 5.35. The molecule has 1 aromatic rings. The van der Waals surface area contributed by atoms with Crippen molar-refractivity contribution < 1.29 is 14.4 Å². The molecule has 4 amide bonds. The Balaban J connectivity index is 2.10. The first kappa shape index (κ1) is 16.5. The summed E-state index contributed by atoms with van der Waals surface area (Å²) >= 11 is 0. The van der Waals surface area contributed by atoms with E-state index in [9.17, 15) is 14.4 Å². The average Bonchev–Trinajstić information content (AvgIpc) is 2.73. The molecule has 1 saturated heterocycles. The van der Waals surface area contributed by atoms with Crippen molar-refractivity contribution in [3.63, 3.8) is 0 Å². The zero-order chi connectivity index (χ0) is 17.0. The number of nitrogens with zero attached hydrogens (tertiary/aromatic N) is 3. The van der Waals surface area contributed by atoms with E-state index in [2.05, 4.69) is 5.32 Å². The van der Waals surface area contributed by atoms with Gasteiger partial charge in [-0.25, -0.2) is 4.79 Å². The summed E-state index contributed by atoms with van der Waals surface area (Å²) in [4.78, 5) is 38.8. The van der Waals surface area contributed by atoms with Crippen molar-refractivity contribution in [2.45, 2.75) is 26.3 Å². The van der Waals surface area contributed by atoms with Crippen LogP contribution in [0.1, 0.15) is 18.9 Å². The van der Waals surface area contributed by atoms with Gasteiger partial charge in [-0.3, -0.25) is 19.4 Å². The molecular formula is C16H18N4O3. The lowest BCUT2D eigenvalue weighted by Crippen LogP contribution is -2.41. The summed E-state index contributed by atoms with van der Waals surface area (Å²) in [5, 5.41) is 10.9. The van der Waals surface area contributed by atoms with E-state index in [1.807, 2.05) is 25.1 Å². The lowest BCUT2D eigenvalue weighted by molar-refractivity contribution is -0.131. The minimum atomic E-state index is -0.655. The summed E-state index contributed by atoms with van der Waals surface area (Å²) in [7, 11) is 0. The molecule has 0 bridgehead atoms. The molecule has 0 unspecified atom stereocenters. The molecule has 120 valence electrons. The van der Waals surface area contributed by atoms with Crippen LogP contribution in [0.3, 0.4) is 0 Å². The second-order valence-electron chi connectivity index (χ2n) is 5.35. The second kappa shape index (κ2) is 6.92. The summed E-state index contributed by atoms with van der Waals surface area (Å²) < 4.78 is 0. The first-order valence-corrected chi connectivity index (χ1v) is 7.30. The number of nitriles is 1. The maximum Gasteiger partial charge on any atom is 0.332 e. The van der Waals surface area contributed by atoms with E-state index in [0.29, 0.717) is 5.69 Å². The topological polar surface area (TPSA) is 93.5 Å². The quantitative estimate of drug-likeness (QED) is 0.652. The van der Waals surface area contributed by atoms with Gasteiger partial charge in [-0.05, 0) is 26.0 Å². The minimum absolute atomic E-state index is 0.180. The number of carbonyl (C=O) groups is 3. The molecule has 23 heavy (non-hydrogen) atoms. The van der Waals surface area contributed by atoms with E-state index in [-0.39, 0.29) is 19.5 Å². The number of aryl methyl sites for hydroxylation is 1. The van der Waals surface area contributed by atoms with Gasteiger partial charge in [-0.2, -0.15) is 5.26 Å². The first-order valence-electron chi connectivity index (χ1n) is 7.30. The maximum atomic E-state index is 12.5. The molecule has 0 saturated carbocycles. The van der Waals surface area contributed by atoms with Gasteiger partial charge >= 0.3 is 6.03 Å². The van der Waals surface area contributed by atoms with Crippen LogP contribution in [0.5, 0.6) is 0 Å². The highest BCUT2D eigenvalue weighted by atomic mass is 16.2. The van der Waals surface area contributed by atoms with Crippen LogP contribution in [-0.2, 0) is 9.59 Å². The fourth-order valence-electron chi connectivity index (χ4n) is 2.37. The van der Waals surface area contributed by atoms with E-state index in [1.54, 1.807) is 19.1 Å². The summed E-state index contributed by atoms with van der Waals surface area (Å²) in [5.74, 6) is -0.870. The number of anilines is 1. The summed E-state index contributed by atoms with van der Waals surface area (Å²) in [6.07, 6.45) is 0.180. The monoisotopic (exact) mass is 314 g/mol. The molecular weight excluding hydrogens is 296 g/mol. The molecule has 1 aliphatic rings. The zero-order valence-corrected chi connectivity index (χ0v) is 13.1. The normalized spacial score (nSPS) is 17.3. The van der Waals surface area contributed by atoms with Gasteiger partial charge in [0.25, 0.3) is 5.91 Å². The lowest BCUT2D eigenvalue weighted by Gasteiger charge is -2.19. The molecule has 0 radical (unpaired) electrons. The Morgan fingerprint density at radius 3 is 2.57 bits per heavy atom. The number of hydrogen-bond acceptors (Lipinski definition) is 4. The number of urea groups is 1. The number of nitrogens with one attached hydrogen (secondary N) is 1. The predicted molar refractivity (Wildman–Crippen MR) is 83.5 cm³/mol. The van der Waals surface area contributed by atoms with E-state index in [4.69, 9.17) is 5.26 Å². The molecule has 1 aromatic carbocycles. The van der Waals surface area contributed by atoms with Crippen molar-refractivity contribution in [2.24, 2.45) is 0 Å². The van der Waals surface area contributed by atoms with E-state index < -0.39 is 23.9 Å². The molecule has 1 N–H and O–H groups in total. The van der Waals surface area contributed by atoms with Gasteiger partial charge in [-0.1, -0.05) is 17.7 Å². The minimum Gasteiger partial charge on any atom is -0.354 e. The number of benzene rings is 1. The fourth-order valence-corrected chi connectivity index (χ4v) is 2.37. The summed E-state index contributed by atoms with van der Waals surface area (Å²) in [6.45, 7) is 3.42. The Hall–Kier alpha value is -2.88. The van der Waals surface area contributed by atoms with Gasteiger partial charge in [0.1, 0.15) is 12.6 Å². The molecule has 7 nitrogen and oxygen atoms in total. The third kappa shape index (κ3) is 3.48. The van der Waals surface area contributed by atoms with Crippen molar-refractivity contribution in [2.75, 3.05) is 18.0 Å². The standard InChI is InChI=1S/C16H18N4O3/c1-11-4-6-13(7-5-11)20-12(2)15(22)19(16(20)23)10-14(21)18-9-3-8-17/h4-7,12H,3,9-10H2,1-2H3,(H,18,21)/t12-/m0/s1. The van der Waals surface area contributed by atoms with E-state index >= 15 is 0 Å². The first-order chi connectivity index (χ1) is 11.0. The number of carbonyl (C=O) groups excluding carboxylic acids is 3. The third-order valence-corrected chi connectivity index (χ3v) is 3.62. The van der Waals surface area contributed by atoms with Crippen molar-refractivity contribution in [1.82, 2.24) is 10.2 Å². The van der Waals surface area contributed by atoms with Crippen molar-refractivity contribution in [3.8, 4) is 6.07 Å². The number of imide groups is 1. The number of hydrogen-bond donors (Lipinski definition) is 1. The van der Waals surface area contributed by atoms with Gasteiger partial charge in [0.05, 0.1) is 12.5 Å². The largest absolute Gasteiger partial charge is 0.354 e. The SMILES string of the molecule is Cc1ccc(N2C(=O)N(CC(=O)NCCC#N)C(=O)[C@@H]2C)cc1. The zero-order valence-electron chi connectivity index (χ0n) is 13.1. The Labute approximate surface area is 134 Å². The molecule has 1 heterocycles. The molecule has 0 aromatic heterocycles. The molecule has 2 rings (SSSR count). The van der Waals surface area contributed by atoms with Crippen molar-refractivity contribution in [3.05, 3.63) is 29.8 Å². The summed E-state index contributed by atoms with van der Waals surface area (Å²) in [6, 6.07) is 8.00. The van der Waals surface area contributed by atoms with Crippen molar-refractivity contribution >= 4 is 23.5 Å². The van der Waals surface area contributed by atoms with Crippen LogP contribution < -0.4 is 10.2 Å².